The van der Waals surface area contributed by atoms with Gasteiger partial charge in [-0.1, -0.05) is 272 Å². The van der Waals surface area contributed by atoms with Gasteiger partial charge in [0.1, 0.15) is 0 Å². The first-order valence-electron chi connectivity index (χ1n) is 33.9. The van der Waals surface area contributed by atoms with Gasteiger partial charge in [-0.25, -0.2) is 0 Å². The lowest BCUT2D eigenvalue weighted by molar-refractivity contribution is 0.254. The van der Waals surface area contributed by atoms with Crippen molar-refractivity contribution >= 4 is 67.5 Å². The van der Waals surface area contributed by atoms with E-state index in [2.05, 4.69) is 119 Å². The van der Waals surface area contributed by atoms with E-state index in [0.29, 0.717) is 0 Å². The van der Waals surface area contributed by atoms with E-state index in [1.165, 1.54) is 280 Å². The molecule has 458 valence electrons. The SMILES string of the molecule is CCCCCCCCCC[Si](C)(C)O[Si](C)(O[Si](C)(C)CCCCCCCCCC)O[Si](C)(C)CCCCCCCC[Si](C)(C)O[Si](C)(O[Si](C)(C)CCCCCCCCCC)O[Si](C)(C)CCCCCCCCCC. The minimum Gasteiger partial charge on any atom is -0.417 e. The Labute approximate surface area is 488 Å². The van der Waals surface area contributed by atoms with Gasteiger partial charge in [0.25, 0.3) is 0 Å². The second-order valence-corrected chi connectivity index (χ2v) is 60.9. The Morgan fingerprint density at radius 1 is 0.158 bits per heavy atom. The van der Waals surface area contributed by atoms with Crippen LogP contribution >= 0.6 is 0 Å². The van der Waals surface area contributed by atoms with Crippen LogP contribution in [0.2, 0.25) is 128 Å². The van der Waals surface area contributed by atoms with E-state index in [1.54, 1.807) is 0 Å². The topological polar surface area (TPSA) is 55.4 Å². The smallest absolute Gasteiger partial charge is 0.417 e. The minimum atomic E-state index is -2.85. The van der Waals surface area contributed by atoms with Crippen molar-refractivity contribution in [2.75, 3.05) is 0 Å². The molecule has 0 aliphatic carbocycles. The molecule has 0 fully saturated rings. The van der Waals surface area contributed by atoms with E-state index < -0.39 is 67.5 Å². The third-order valence-corrected chi connectivity index (χ3v) is 47.6. The Morgan fingerprint density at radius 2 is 0.263 bits per heavy atom. The second-order valence-electron chi connectivity index (χ2n) is 28.4. The molecule has 14 heteroatoms. The molecule has 0 aromatic heterocycles. The van der Waals surface area contributed by atoms with Crippen molar-refractivity contribution in [3.05, 3.63) is 0 Å². The highest BCUT2D eigenvalue weighted by molar-refractivity contribution is 6.91. The van der Waals surface area contributed by atoms with Gasteiger partial charge in [0.2, 0.25) is 0 Å². The van der Waals surface area contributed by atoms with Crippen molar-refractivity contribution in [2.24, 2.45) is 0 Å². The molecule has 0 aliphatic heterocycles. The molecule has 0 bridgehead atoms. The summed E-state index contributed by atoms with van der Waals surface area (Å²) in [4.78, 5) is 0. The van der Waals surface area contributed by atoms with Crippen molar-refractivity contribution in [2.45, 2.75) is 400 Å². The molecule has 0 aromatic carbocycles. The number of rotatable bonds is 57. The van der Waals surface area contributed by atoms with E-state index in [0.717, 1.165) is 0 Å². The van der Waals surface area contributed by atoms with Crippen LogP contribution in [0.1, 0.15) is 272 Å². The molecule has 0 heterocycles. The number of hydrogen-bond donors (Lipinski definition) is 0. The summed E-state index contributed by atoms with van der Waals surface area (Å²) in [5.74, 6) is 0. The maximum atomic E-state index is 7.41. The van der Waals surface area contributed by atoms with Gasteiger partial charge in [0, 0.05) is 13.1 Å². The van der Waals surface area contributed by atoms with Crippen molar-refractivity contribution in [1.29, 1.82) is 0 Å². The maximum absolute atomic E-state index is 7.41. The molecule has 76 heavy (non-hydrogen) atoms. The average molecular weight is 1210 g/mol. The fourth-order valence-corrected chi connectivity index (χ4v) is 48.4. The van der Waals surface area contributed by atoms with Crippen LogP contribution in [0.15, 0.2) is 0 Å². The summed E-state index contributed by atoms with van der Waals surface area (Å²) < 4.78 is 44.3. The Balaban J connectivity index is 5.51. The van der Waals surface area contributed by atoms with Gasteiger partial charge >= 0.3 is 17.6 Å². The zero-order chi connectivity index (χ0) is 57.4. The highest BCUT2D eigenvalue weighted by atomic mass is 28.5. The summed E-state index contributed by atoms with van der Waals surface area (Å²) in [5, 5.41) is 0. The molecule has 0 saturated heterocycles. The fourth-order valence-electron chi connectivity index (χ4n) is 12.0. The van der Waals surface area contributed by atoms with E-state index >= 15 is 0 Å². The molecule has 0 aliphatic rings. The molecule has 0 N–H and O–H groups in total. The number of unbranched alkanes of at least 4 members (excludes halogenated alkanes) is 33. The molecule has 0 aromatic rings. The number of hydrogen-bond acceptors (Lipinski definition) is 6. The van der Waals surface area contributed by atoms with Crippen LogP contribution in [0.4, 0.5) is 0 Å². The Bertz CT molecular complexity index is 1170. The van der Waals surface area contributed by atoms with Gasteiger partial charge in [0.15, 0.2) is 49.9 Å². The lowest BCUT2D eigenvalue weighted by atomic mass is 10.1. The van der Waals surface area contributed by atoms with Crippen LogP contribution in [0.25, 0.3) is 0 Å². The van der Waals surface area contributed by atoms with Crippen LogP contribution in [-0.2, 0) is 24.7 Å². The Kier molecular flexibility index (Phi) is 44.9. The minimum absolute atomic E-state index is 1.19. The van der Waals surface area contributed by atoms with Gasteiger partial charge in [0.05, 0.1) is 0 Å². The van der Waals surface area contributed by atoms with Gasteiger partial charge in [-0.05, 0) is 115 Å². The van der Waals surface area contributed by atoms with E-state index in [4.69, 9.17) is 24.7 Å². The fraction of sp³-hybridized carbons (Fsp3) is 1.00. The quantitative estimate of drug-likeness (QED) is 0.0447. The summed E-state index contributed by atoms with van der Waals surface area (Å²) in [6, 6.07) is 7.24. The van der Waals surface area contributed by atoms with Crippen LogP contribution in [0.3, 0.4) is 0 Å². The summed E-state index contributed by atoms with van der Waals surface area (Å²) in [6.07, 6.45) is 51.3. The average Bonchev–Trinajstić information content (AvgIpc) is 3.29. The van der Waals surface area contributed by atoms with Crippen LogP contribution in [0, 0.1) is 0 Å². The van der Waals surface area contributed by atoms with Crippen LogP contribution < -0.4 is 0 Å². The van der Waals surface area contributed by atoms with Gasteiger partial charge in [-0.3, -0.25) is 0 Å². The molecule has 0 radical (unpaired) electrons. The lowest BCUT2D eigenvalue weighted by Crippen LogP contribution is -2.60. The van der Waals surface area contributed by atoms with Gasteiger partial charge in [-0.15, -0.1) is 0 Å². The van der Waals surface area contributed by atoms with Crippen molar-refractivity contribution in [1.82, 2.24) is 0 Å². The first-order valence-corrected chi connectivity index (χ1v) is 57.0. The molecular formula is C62H142O6Si8. The maximum Gasteiger partial charge on any atom is 0.466 e. The predicted molar refractivity (Wildman–Crippen MR) is 362 cm³/mol. The van der Waals surface area contributed by atoms with E-state index in [9.17, 15) is 0 Å². The van der Waals surface area contributed by atoms with E-state index in [1.807, 2.05) is 0 Å². The third-order valence-electron chi connectivity index (χ3n) is 16.1. The van der Waals surface area contributed by atoms with Crippen LogP contribution in [0.5, 0.6) is 0 Å². The zero-order valence-corrected chi connectivity index (χ0v) is 63.6. The zero-order valence-electron chi connectivity index (χ0n) is 55.6. The predicted octanol–water partition coefficient (Wildman–Crippen LogP) is 24.4. The van der Waals surface area contributed by atoms with Gasteiger partial charge in [-0.2, -0.15) is 0 Å². The monoisotopic (exact) mass is 1210 g/mol. The lowest BCUT2D eigenvalue weighted by Gasteiger charge is -2.43. The second kappa shape index (κ2) is 44.0. The molecule has 0 saturated carbocycles. The summed E-state index contributed by atoms with van der Waals surface area (Å²) in [7, 11) is -17.6. The first kappa shape index (κ1) is 77.5. The van der Waals surface area contributed by atoms with Crippen molar-refractivity contribution in [3.8, 4) is 0 Å². The van der Waals surface area contributed by atoms with Crippen molar-refractivity contribution < 1.29 is 24.7 Å². The van der Waals surface area contributed by atoms with Crippen molar-refractivity contribution in [3.63, 3.8) is 0 Å². The van der Waals surface area contributed by atoms with Gasteiger partial charge < -0.3 is 24.7 Å². The van der Waals surface area contributed by atoms with E-state index in [-0.39, 0.29) is 0 Å². The van der Waals surface area contributed by atoms with Crippen LogP contribution in [-0.4, -0.2) is 67.5 Å². The summed E-state index contributed by atoms with van der Waals surface area (Å²) in [5.41, 5.74) is 0. The first-order chi connectivity index (χ1) is 35.7. The molecule has 0 rings (SSSR count). The molecule has 0 unspecified atom stereocenters. The summed E-state index contributed by atoms with van der Waals surface area (Å²) >= 11 is 0. The highest BCUT2D eigenvalue weighted by Gasteiger charge is 2.50. The molecule has 0 atom stereocenters. The third kappa shape index (κ3) is 46.9. The standard InChI is InChI=1S/C62H142O6Si8/c1-19-23-27-31-35-39-45-51-57-69(5,6)63-75(17,64-70(7,8)58-52-46-40-36-32-28-24-20-2)67-73(13,14)61-55-49-43-44-50-56-62-74(15,16)68-76(18,65-71(9,10)59-53-47-41-37-33-29-25-21-3)66-72(11,12)60-54-48-42-38-34-30-26-22-4/h19-62H2,1-18H3. The normalized spacial score (nSPS) is 13.7. The molecule has 0 spiro atoms. The molecular weight excluding hydrogens is 1070 g/mol. The summed E-state index contributed by atoms with van der Waals surface area (Å²) in [6.45, 7) is 43.3. The Morgan fingerprint density at radius 3 is 0.382 bits per heavy atom. The molecule has 6 nitrogen and oxygen atoms in total. The largest absolute Gasteiger partial charge is 0.466 e. The Hall–Kier alpha value is 1.50. The molecule has 0 amide bonds. The highest BCUT2D eigenvalue weighted by Crippen LogP contribution is 2.35.